The van der Waals surface area contributed by atoms with Crippen LogP contribution in [0.2, 0.25) is 0 Å². The highest BCUT2D eigenvalue weighted by Gasteiger charge is 2.30. The molecule has 0 aliphatic carbocycles. The van der Waals surface area contributed by atoms with Gasteiger partial charge in [-0.05, 0) is 17.7 Å². The summed E-state index contributed by atoms with van der Waals surface area (Å²) in [5.74, 6) is 0.461. The third kappa shape index (κ3) is 5.12. The Morgan fingerprint density at radius 2 is 1.54 bits per heavy atom. The molecular formula is C19H27Cl2N3. The van der Waals surface area contributed by atoms with Crippen molar-refractivity contribution in [3.63, 3.8) is 0 Å². The second-order valence-corrected chi connectivity index (χ2v) is 6.20. The van der Waals surface area contributed by atoms with Gasteiger partial charge in [-0.3, -0.25) is 4.90 Å². The van der Waals surface area contributed by atoms with Gasteiger partial charge in [0.05, 0.1) is 0 Å². The third-order valence-electron chi connectivity index (χ3n) is 4.62. The smallest absolute Gasteiger partial charge is 0.0364 e. The summed E-state index contributed by atoms with van der Waals surface area (Å²) in [6.07, 6.45) is 0. The van der Waals surface area contributed by atoms with Gasteiger partial charge in [-0.15, -0.1) is 24.8 Å². The third-order valence-corrected chi connectivity index (χ3v) is 4.62. The van der Waals surface area contributed by atoms with Crippen LogP contribution in [0.5, 0.6) is 0 Å². The minimum Gasteiger partial charge on any atom is -0.373 e. The fourth-order valence-electron chi connectivity index (χ4n) is 3.25. The molecule has 2 atom stereocenters. The van der Waals surface area contributed by atoms with Crippen molar-refractivity contribution in [3.8, 4) is 0 Å². The molecule has 0 spiro atoms. The topological polar surface area (TPSA) is 32.5 Å². The average molecular weight is 368 g/mol. The molecule has 1 aliphatic heterocycles. The number of nitrogens with zero attached hydrogens (tertiary/aromatic N) is 2. The van der Waals surface area contributed by atoms with Crippen LogP contribution in [0.4, 0.5) is 5.69 Å². The number of para-hydroxylation sites is 1. The van der Waals surface area contributed by atoms with E-state index >= 15 is 0 Å². The first kappa shape index (κ1) is 20.8. The molecular weight excluding hydrogens is 341 g/mol. The van der Waals surface area contributed by atoms with Crippen LogP contribution < -0.4 is 10.6 Å². The number of anilines is 1. The Morgan fingerprint density at radius 1 is 0.958 bits per heavy atom. The van der Waals surface area contributed by atoms with E-state index in [1.165, 1.54) is 11.3 Å². The molecule has 5 heteroatoms. The summed E-state index contributed by atoms with van der Waals surface area (Å²) in [5, 5.41) is 0. The molecule has 3 rings (SSSR count). The first-order valence-corrected chi connectivity index (χ1v) is 8.03. The van der Waals surface area contributed by atoms with Gasteiger partial charge in [-0.1, -0.05) is 48.5 Å². The minimum atomic E-state index is 0. The van der Waals surface area contributed by atoms with Crippen molar-refractivity contribution in [2.45, 2.75) is 12.0 Å². The maximum Gasteiger partial charge on any atom is 0.0364 e. The van der Waals surface area contributed by atoms with Crippen LogP contribution in [0.3, 0.4) is 0 Å². The molecule has 3 nitrogen and oxygen atoms in total. The van der Waals surface area contributed by atoms with Gasteiger partial charge in [-0.25, -0.2) is 0 Å². The SMILES string of the molecule is CN(CCN1C[C@@H](N)[C@H](c2ccccc2)C1)c1ccccc1.Cl.Cl. The van der Waals surface area contributed by atoms with Crippen LogP contribution in [-0.4, -0.2) is 44.2 Å². The lowest BCUT2D eigenvalue weighted by Gasteiger charge is -2.23. The van der Waals surface area contributed by atoms with Crippen LogP contribution in [0.1, 0.15) is 11.5 Å². The van der Waals surface area contributed by atoms with Crippen LogP contribution >= 0.6 is 24.8 Å². The van der Waals surface area contributed by atoms with Gasteiger partial charge < -0.3 is 10.6 Å². The van der Waals surface area contributed by atoms with E-state index in [4.69, 9.17) is 5.73 Å². The number of benzene rings is 2. The molecule has 2 N–H and O–H groups in total. The summed E-state index contributed by atoms with van der Waals surface area (Å²) in [4.78, 5) is 4.79. The summed E-state index contributed by atoms with van der Waals surface area (Å²) in [6.45, 7) is 4.14. The molecule has 0 bridgehead atoms. The Morgan fingerprint density at radius 3 is 2.17 bits per heavy atom. The fraction of sp³-hybridized carbons (Fsp3) is 0.368. The molecule has 0 unspecified atom stereocenters. The lowest BCUT2D eigenvalue weighted by Crippen LogP contribution is -2.33. The van der Waals surface area contributed by atoms with Gasteiger partial charge in [0.25, 0.3) is 0 Å². The lowest BCUT2D eigenvalue weighted by molar-refractivity contribution is 0.339. The molecule has 0 saturated carbocycles. The van der Waals surface area contributed by atoms with Crippen molar-refractivity contribution in [1.29, 1.82) is 0 Å². The number of rotatable bonds is 5. The highest BCUT2D eigenvalue weighted by Crippen LogP contribution is 2.26. The standard InChI is InChI=1S/C19H25N3.2ClH/c1-21(17-10-6-3-7-11-17)12-13-22-14-18(19(20)15-22)16-8-4-2-5-9-16;;/h2-11,18-19H,12-15,20H2,1H3;2*1H/t18-,19+;;/m0../s1. The minimum absolute atomic E-state index is 0. The van der Waals surface area contributed by atoms with Crippen molar-refractivity contribution < 1.29 is 0 Å². The first-order chi connectivity index (χ1) is 10.7. The molecule has 0 aromatic heterocycles. The summed E-state index contributed by atoms with van der Waals surface area (Å²) in [5.41, 5.74) is 9.00. The van der Waals surface area contributed by atoms with Gasteiger partial charge >= 0.3 is 0 Å². The summed E-state index contributed by atoms with van der Waals surface area (Å²) >= 11 is 0. The molecule has 132 valence electrons. The van der Waals surface area contributed by atoms with Crippen molar-refractivity contribution in [3.05, 3.63) is 66.2 Å². The van der Waals surface area contributed by atoms with E-state index in [1.54, 1.807) is 0 Å². The number of hydrogen-bond donors (Lipinski definition) is 1. The van der Waals surface area contributed by atoms with E-state index in [0.717, 1.165) is 26.2 Å². The predicted octanol–water partition coefficient (Wildman–Crippen LogP) is 3.39. The highest BCUT2D eigenvalue weighted by molar-refractivity contribution is 5.85. The first-order valence-electron chi connectivity index (χ1n) is 8.03. The van der Waals surface area contributed by atoms with E-state index in [0.29, 0.717) is 5.92 Å². The Bertz CT molecular complexity index is 580. The van der Waals surface area contributed by atoms with Crippen LogP contribution in [0.15, 0.2) is 60.7 Å². The molecule has 24 heavy (non-hydrogen) atoms. The van der Waals surface area contributed by atoms with E-state index in [1.807, 2.05) is 0 Å². The Balaban J connectivity index is 0.00000144. The number of likely N-dealkylation sites (N-methyl/N-ethyl adjacent to an activating group) is 1. The van der Waals surface area contributed by atoms with Gasteiger partial charge in [-0.2, -0.15) is 0 Å². The lowest BCUT2D eigenvalue weighted by atomic mass is 9.95. The Kier molecular flexibility index (Phi) is 8.57. The maximum atomic E-state index is 6.36. The number of hydrogen-bond acceptors (Lipinski definition) is 3. The average Bonchev–Trinajstić information content (AvgIpc) is 2.95. The van der Waals surface area contributed by atoms with Crippen molar-refractivity contribution >= 4 is 30.5 Å². The maximum absolute atomic E-state index is 6.36. The van der Waals surface area contributed by atoms with Gasteiger partial charge in [0.2, 0.25) is 0 Å². The highest BCUT2D eigenvalue weighted by atomic mass is 35.5. The number of likely N-dealkylation sites (tertiary alicyclic amines) is 1. The van der Waals surface area contributed by atoms with E-state index < -0.39 is 0 Å². The second-order valence-electron chi connectivity index (χ2n) is 6.20. The van der Waals surface area contributed by atoms with Gasteiger partial charge in [0.15, 0.2) is 0 Å². The van der Waals surface area contributed by atoms with Crippen molar-refractivity contribution in [1.82, 2.24) is 4.90 Å². The van der Waals surface area contributed by atoms with E-state index in [9.17, 15) is 0 Å². The Labute approximate surface area is 157 Å². The van der Waals surface area contributed by atoms with Crippen LogP contribution in [0.25, 0.3) is 0 Å². The molecule has 1 aliphatic rings. The molecule has 0 amide bonds. The zero-order valence-corrected chi connectivity index (χ0v) is 15.7. The quantitative estimate of drug-likeness (QED) is 0.878. The van der Waals surface area contributed by atoms with Crippen molar-refractivity contribution in [2.75, 3.05) is 38.1 Å². The van der Waals surface area contributed by atoms with Gasteiger partial charge in [0, 0.05) is 50.9 Å². The monoisotopic (exact) mass is 367 g/mol. The Hall–Kier alpha value is -1.26. The van der Waals surface area contributed by atoms with Crippen LogP contribution in [-0.2, 0) is 0 Å². The molecule has 2 aromatic rings. The number of nitrogens with two attached hydrogens (primary N) is 1. The summed E-state index contributed by atoms with van der Waals surface area (Å²) < 4.78 is 0. The molecule has 0 radical (unpaired) electrons. The second kappa shape index (κ2) is 9.90. The predicted molar refractivity (Wildman–Crippen MR) is 108 cm³/mol. The van der Waals surface area contributed by atoms with Crippen LogP contribution in [0, 0.1) is 0 Å². The normalized spacial score (nSPS) is 20.1. The summed E-state index contributed by atoms with van der Waals surface area (Å²) in [6, 6.07) is 21.5. The summed E-state index contributed by atoms with van der Waals surface area (Å²) in [7, 11) is 2.15. The van der Waals surface area contributed by atoms with Gasteiger partial charge in [0.1, 0.15) is 0 Å². The molecule has 2 aromatic carbocycles. The molecule has 1 saturated heterocycles. The van der Waals surface area contributed by atoms with E-state index in [2.05, 4.69) is 77.5 Å². The largest absolute Gasteiger partial charge is 0.373 e. The fourth-order valence-corrected chi connectivity index (χ4v) is 3.25. The zero-order valence-electron chi connectivity index (χ0n) is 14.0. The van der Waals surface area contributed by atoms with Crippen molar-refractivity contribution in [2.24, 2.45) is 5.73 Å². The van der Waals surface area contributed by atoms with E-state index in [-0.39, 0.29) is 30.9 Å². The molecule has 1 fully saturated rings. The molecule has 1 heterocycles. The zero-order chi connectivity index (χ0) is 15.4. The number of halogens is 2.